The summed E-state index contributed by atoms with van der Waals surface area (Å²) in [7, 11) is 3.54. The number of ether oxygens (including phenoxy) is 1. The Balaban J connectivity index is 3.46. The molecule has 2 unspecified atom stereocenters. The van der Waals surface area contributed by atoms with Crippen molar-refractivity contribution in [2.75, 3.05) is 14.1 Å². The van der Waals surface area contributed by atoms with Crippen LogP contribution in [0.15, 0.2) is 0 Å². The van der Waals surface area contributed by atoms with Gasteiger partial charge < -0.3 is 9.84 Å². The number of aliphatic hydroxyl groups is 1. The van der Waals surface area contributed by atoms with Gasteiger partial charge in [0.05, 0.1) is 6.10 Å². The highest BCUT2D eigenvalue weighted by Crippen LogP contribution is 2.00. The molecule has 0 spiro atoms. The third-order valence-corrected chi connectivity index (χ3v) is 1.37. The summed E-state index contributed by atoms with van der Waals surface area (Å²) in [5.74, 6) is 0. The molecule has 0 aromatic carbocycles. The summed E-state index contributed by atoms with van der Waals surface area (Å²) < 4.78 is 5.14. The molecule has 0 aliphatic carbocycles. The highest BCUT2D eigenvalue weighted by Gasteiger charge is 2.09. The van der Waals surface area contributed by atoms with Crippen molar-refractivity contribution < 1.29 is 9.84 Å². The Bertz CT molecular complexity index is 85.7. The van der Waals surface area contributed by atoms with Crippen LogP contribution in [0.1, 0.15) is 20.3 Å². The second-order valence-electron chi connectivity index (χ2n) is 2.64. The quantitative estimate of drug-likeness (QED) is 0.592. The molecule has 1 N–H and O–H groups in total. The fraction of sp³-hybridized carbons (Fsp3) is 1.00. The van der Waals surface area contributed by atoms with Gasteiger partial charge in [-0.2, -0.15) is 0 Å². The van der Waals surface area contributed by atoms with Gasteiger partial charge in [0.2, 0.25) is 6.41 Å². The van der Waals surface area contributed by atoms with Gasteiger partial charge in [0.1, 0.15) is 0 Å². The minimum atomic E-state index is -0.769. The number of hydrogen-bond acceptors (Lipinski definition) is 3. The maximum atomic E-state index is 9.13. The van der Waals surface area contributed by atoms with E-state index in [1.54, 1.807) is 19.0 Å². The Morgan fingerprint density at radius 2 is 2.00 bits per heavy atom. The average Bonchev–Trinajstić information content (AvgIpc) is 1.87. The third kappa shape index (κ3) is 3.82. The van der Waals surface area contributed by atoms with Crippen molar-refractivity contribution >= 4 is 0 Å². The Kier molecular flexibility index (Phi) is 4.60. The van der Waals surface area contributed by atoms with Gasteiger partial charge in [0.25, 0.3) is 0 Å². The van der Waals surface area contributed by atoms with Gasteiger partial charge in [-0.1, -0.05) is 6.92 Å². The van der Waals surface area contributed by atoms with E-state index >= 15 is 0 Å². The summed E-state index contributed by atoms with van der Waals surface area (Å²) in [6, 6.07) is 0. The molecule has 3 nitrogen and oxygen atoms in total. The van der Waals surface area contributed by atoms with Crippen LogP contribution in [-0.4, -0.2) is 36.6 Å². The molecule has 0 aliphatic rings. The fourth-order valence-electron chi connectivity index (χ4n) is 0.426. The predicted molar refractivity (Wildman–Crippen MR) is 40.5 cm³/mol. The first-order chi connectivity index (χ1) is 4.57. The molecule has 0 rings (SSSR count). The zero-order valence-electron chi connectivity index (χ0n) is 7.16. The number of aliphatic hydroxyl groups excluding tert-OH is 1. The Hall–Kier alpha value is -0.120. The molecule has 0 heterocycles. The zero-order chi connectivity index (χ0) is 8.15. The third-order valence-electron chi connectivity index (χ3n) is 1.37. The molecule has 0 aromatic rings. The van der Waals surface area contributed by atoms with Crippen LogP contribution in [-0.2, 0) is 4.74 Å². The summed E-state index contributed by atoms with van der Waals surface area (Å²) >= 11 is 0. The second kappa shape index (κ2) is 4.66. The van der Waals surface area contributed by atoms with Crippen LogP contribution in [0.5, 0.6) is 0 Å². The van der Waals surface area contributed by atoms with Gasteiger partial charge in [0.15, 0.2) is 0 Å². The molecule has 3 heteroatoms. The van der Waals surface area contributed by atoms with Gasteiger partial charge in [-0.3, -0.25) is 4.90 Å². The molecular weight excluding hydrogens is 130 g/mol. The smallest absolute Gasteiger partial charge is 0.215 e. The van der Waals surface area contributed by atoms with E-state index in [4.69, 9.17) is 9.84 Å². The van der Waals surface area contributed by atoms with Crippen LogP contribution in [0.25, 0.3) is 0 Å². The van der Waals surface area contributed by atoms with E-state index in [1.807, 2.05) is 13.8 Å². The van der Waals surface area contributed by atoms with E-state index in [0.717, 1.165) is 6.42 Å². The zero-order valence-corrected chi connectivity index (χ0v) is 7.16. The van der Waals surface area contributed by atoms with Crippen LogP contribution < -0.4 is 0 Å². The monoisotopic (exact) mass is 147 g/mol. The first-order valence-corrected chi connectivity index (χ1v) is 3.57. The Labute approximate surface area is 62.6 Å². The molecule has 0 aromatic heterocycles. The topological polar surface area (TPSA) is 32.7 Å². The molecular formula is C7H17NO2. The molecule has 10 heavy (non-hydrogen) atoms. The maximum absolute atomic E-state index is 9.13. The van der Waals surface area contributed by atoms with E-state index in [-0.39, 0.29) is 6.10 Å². The minimum absolute atomic E-state index is 0.123. The standard InChI is InChI=1S/C7H17NO2/c1-5-6(2)10-7(9)8(3)4/h6-7,9H,5H2,1-4H3. The maximum Gasteiger partial charge on any atom is 0.215 e. The van der Waals surface area contributed by atoms with Gasteiger partial charge in [-0.05, 0) is 27.4 Å². The van der Waals surface area contributed by atoms with Crippen LogP contribution in [0.3, 0.4) is 0 Å². The molecule has 0 amide bonds. The molecule has 0 saturated heterocycles. The summed E-state index contributed by atoms with van der Waals surface area (Å²) in [5.41, 5.74) is 0. The summed E-state index contributed by atoms with van der Waals surface area (Å²) in [4.78, 5) is 1.62. The number of rotatable bonds is 4. The number of hydrogen-bond donors (Lipinski definition) is 1. The van der Waals surface area contributed by atoms with Crippen molar-refractivity contribution in [1.82, 2.24) is 4.90 Å². The summed E-state index contributed by atoms with van der Waals surface area (Å²) in [5, 5.41) is 9.13. The molecule has 2 atom stereocenters. The van der Waals surface area contributed by atoms with E-state index in [1.165, 1.54) is 0 Å². The van der Waals surface area contributed by atoms with Gasteiger partial charge in [-0.15, -0.1) is 0 Å². The summed E-state index contributed by atoms with van der Waals surface area (Å²) in [6.07, 6.45) is 0.276. The first kappa shape index (κ1) is 9.88. The molecule has 0 bridgehead atoms. The lowest BCUT2D eigenvalue weighted by Crippen LogP contribution is -2.33. The lowest BCUT2D eigenvalue weighted by Gasteiger charge is -2.21. The summed E-state index contributed by atoms with van der Waals surface area (Å²) in [6.45, 7) is 3.96. The van der Waals surface area contributed by atoms with Gasteiger partial charge >= 0.3 is 0 Å². The van der Waals surface area contributed by atoms with Crippen molar-refractivity contribution in [3.63, 3.8) is 0 Å². The predicted octanol–water partition coefficient (Wildman–Crippen LogP) is 0.639. The normalized spacial score (nSPS) is 17.4. The molecule has 62 valence electrons. The van der Waals surface area contributed by atoms with E-state index < -0.39 is 6.41 Å². The molecule has 0 saturated carbocycles. The fourth-order valence-corrected chi connectivity index (χ4v) is 0.426. The van der Waals surface area contributed by atoms with Crippen LogP contribution >= 0.6 is 0 Å². The van der Waals surface area contributed by atoms with Crippen molar-refractivity contribution in [3.8, 4) is 0 Å². The van der Waals surface area contributed by atoms with Crippen molar-refractivity contribution in [2.45, 2.75) is 32.8 Å². The lowest BCUT2D eigenvalue weighted by atomic mass is 10.3. The number of nitrogens with zero attached hydrogens (tertiary/aromatic N) is 1. The van der Waals surface area contributed by atoms with Crippen molar-refractivity contribution in [1.29, 1.82) is 0 Å². The molecule has 0 radical (unpaired) electrons. The molecule has 0 aliphatic heterocycles. The van der Waals surface area contributed by atoms with E-state index in [9.17, 15) is 0 Å². The minimum Gasteiger partial charge on any atom is -0.356 e. The average molecular weight is 147 g/mol. The SMILES string of the molecule is CCC(C)OC(O)N(C)C. The van der Waals surface area contributed by atoms with Crippen LogP contribution in [0.4, 0.5) is 0 Å². The van der Waals surface area contributed by atoms with Crippen molar-refractivity contribution in [2.24, 2.45) is 0 Å². The first-order valence-electron chi connectivity index (χ1n) is 3.57. The van der Waals surface area contributed by atoms with Gasteiger partial charge in [-0.25, -0.2) is 0 Å². The van der Waals surface area contributed by atoms with Crippen molar-refractivity contribution in [3.05, 3.63) is 0 Å². The Morgan fingerprint density at radius 3 is 2.30 bits per heavy atom. The largest absolute Gasteiger partial charge is 0.356 e. The van der Waals surface area contributed by atoms with E-state index in [0.29, 0.717) is 0 Å². The van der Waals surface area contributed by atoms with Crippen LogP contribution in [0.2, 0.25) is 0 Å². The second-order valence-corrected chi connectivity index (χ2v) is 2.64. The highest BCUT2D eigenvalue weighted by molar-refractivity contribution is 4.45. The van der Waals surface area contributed by atoms with Gasteiger partial charge in [0, 0.05) is 0 Å². The lowest BCUT2D eigenvalue weighted by molar-refractivity contribution is -0.200. The molecule has 0 fully saturated rings. The Morgan fingerprint density at radius 1 is 1.50 bits per heavy atom. The highest BCUT2D eigenvalue weighted by atomic mass is 16.6. The van der Waals surface area contributed by atoms with Crippen LogP contribution in [0, 0.1) is 0 Å². The van der Waals surface area contributed by atoms with E-state index in [2.05, 4.69) is 0 Å².